The number of thiophene rings is 1. The van der Waals surface area contributed by atoms with Gasteiger partial charge >= 0.3 is 0 Å². The third-order valence-corrected chi connectivity index (χ3v) is 6.81. The molecule has 0 amide bonds. The van der Waals surface area contributed by atoms with Crippen molar-refractivity contribution in [1.29, 1.82) is 5.26 Å². The van der Waals surface area contributed by atoms with Crippen LogP contribution in [0.5, 0.6) is 0 Å². The van der Waals surface area contributed by atoms with E-state index in [4.69, 9.17) is 4.98 Å². The topological polar surface area (TPSA) is 58.7 Å². The summed E-state index contributed by atoms with van der Waals surface area (Å²) in [6.07, 6.45) is 4.31. The van der Waals surface area contributed by atoms with Gasteiger partial charge in [-0.25, -0.2) is 4.98 Å². The van der Waals surface area contributed by atoms with Crippen molar-refractivity contribution in [2.24, 2.45) is 0 Å². The van der Waals surface area contributed by atoms with Crippen LogP contribution >= 0.6 is 23.1 Å². The predicted molar refractivity (Wildman–Crippen MR) is 108 cm³/mol. The van der Waals surface area contributed by atoms with Gasteiger partial charge in [0.1, 0.15) is 4.83 Å². The number of benzene rings is 1. The Bertz CT molecular complexity index is 1090. The molecule has 26 heavy (non-hydrogen) atoms. The molecule has 2 aromatic heterocycles. The lowest BCUT2D eigenvalue weighted by molar-refractivity contribution is 0.699. The molecule has 0 fully saturated rings. The second kappa shape index (κ2) is 6.90. The van der Waals surface area contributed by atoms with Gasteiger partial charge in [0.15, 0.2) is 5.16 Å². The number of aromatic nitrogens is 2. The van der Waals surface area contributed by atoms with Crippen LogP contribution in [0.3, 0.4) is 0 Å². The highest BCUT2D eigenvalue weighted by molar-refractivity contribution is 8.00. The summed E-state index contributed by atoms with van der Waals surface area (Å²) in [6.45, 7) is 3.85. The van der Waals surface area contributed by atoms with Crippen LogP contribution in [0.15, 0.2) is 34.2 Å². The summed E-state index contributed by atoms with van der Waals surface area (Å²) in [6, 6.07) is 10.1. The molecular formula is C20H19N3OS2. The van der Waals surface area contributed by atoms with Crippen molar-refractivity contribution >= 4 is 33.3 Å². The van der Waals surface area contributed by atoms with Gasteiger partial charge < -0.3 is 0 Å². The van der Waals surface area contributed by atoms with E-state index < -0.39 is 0 Å². The van der Waals surface area contributed by atoms with E-state index in [0.29, 0.717) is 5.16 Å². The van der Waals surface area contributed by atoms with Crippen LogP contribution in [-0.2, 0) is 12.8 Å². The van der Waals surface area contributed by atoms with E-state index >= 15 is 0 Å². The first-order valence-electron chi connectivity index (χ1n) is 8.79. The van der Waals surface area contributed by atoms with Gasteiger partial charge in [0.05, 0.1) is 22.4 Å². The first kappa shape index (κ1) is 17.3. The van der Waals surface area contributed by atoms with Gasteiger partial charge in [0.25, 0.3) is 5.56 Å². The molecule has 4 rings (SSSR count). The van der Waals surface area contributed by atoms with E-state index in [9.17, 15) is 10.1 Å². The smallest absolute Gasteiger partial charge is 0.267 e. The maximum Gasteiger partial charge on any atom is 0.267 e. The molecule has 1 atom stereocenters. The van der Waals surface area contributed by atoms with Gasteiger partial charge in [-0.2, -0.15) is 5.26 Å². The number of aryl methyl sites for hydroxylation is 3. The Balaban J connectivity index is 2.03. The van der Waals surface area contributed by atoms with Crippen molar-refractivity contribution in [3.05, 3.63) is 50.6 Å². The minimum atomic E-state index is -0.273. The number of nitrogens with zero attached hydrogens (tertiary/aromatic N) is 3. The van der Waals surface area contributed by atoms with Crippen LogP contribution in [0.2, 0.25) is 0 Å². The molecule has 2 heterocycles. The first-order chi connectivity index (χ1) is 12.6. The predicted octanol–water partition coefficient (Wildman–Crippen LogP) is 4.64. The second-order valence-corrected chi connectivity index (χ2v) is 9.05. The first-order valence-corrected chi connectivity index (χ1v) is 10.5. The summed E-state index contributed by atoms with van der Waals surface area (Å²) in [4.78, 5) is 20.5. The zero-order chi connectivity index (χ0) is 18.3. The molecule has 0 unspecified atom stereocenters. The minimum absolute atomic E-state index is 0.00682. The summed E-state index contributed by atoms with van der Waals surface area (Å²) in [5.74, 6) is 0. The van der Waals surface area contributed by atoms with Crippen LogP contribution in [0.1, 0.15) is 35.8 Å². The Morgan fingerprint density at radius 1 is 1.35 bits per heavy atom. The number of hydrogen-bond acceptors (Lipinski definition) is 5. The molecular weight excluding hydrogens is 362 g/mol. The number of rotatable bonds is 3. The molecule has 4 nitrogen and oxygen atoms in total. The third-order valence-electron chi connectivity index (χ3n) is 4.68. The van der Waals surface area contributed by atoms with E-state index in [1.807, 2.05) is 38.1 Å². The van der Waals surface area contributed by atoms with Crippen molar-refractivity contribution in [1.82, 2.24) is 9.55 Å². The average Bonchev–Trinajstić information content (AvgIpc) is 3.00. The zero-order valence-corrected chi connectivity index (χ0v) is 16.4. The van der Waals surface area contributed by atoms with Crippen LogP contribution in [-0.4, -0.2) is 14.8 Å². The molecule has 0 bridgehead atoms. The Morgan fingerprint density at radius 2 is 2.15 bits per heavy atom. The van der Waals surface area contributed by atoms with Gasteiger partial charge in [-0.15, -0.1) is 11.3 Å². The van der Waals surface area contributed by atoms with Crippen LogP contribution in [0, 0.1) is 18.3 Å². The summed E-state index contributed by atoms with van der Waals surface area (Å²) >= 11 is 2.99. The standard InChI is InChI=1S/C20H19N3OS2/c1-12-6-5-7-14(10-12)23-19(24)17-15-8-3-4-9-16(15)26-18(17)22-20(23)25-13(2)11-21/h5-7,10,13H,3-4,8-9H2,1-2H3/t13-/m1/s1. The quantitative estimate of drug-likeness (QED) is 0.490. The zero-order valence-electron chi connectivity index (χ0n) is 14.8. The molecule has 3 aromatic rings. The third kappa shape index (κ3) is 2.95. The van der Waals surface area contributed by atoms with E-state index in [1.54, 1.807) is 15.9 Å². The SMILES string of the molecule is Cc1cccc(-n2c(S[C@H](C)C#N)nc3sc4c(c3c2=O)CCCC4)c1. The number of nitriles is 1. The van der Waals surface area contributed by atoms with Crippen LogP contribution in [0.4, 0.5) is 0 Å². The highest BCUT2D eigenvalue weighted by Crippen LogP contribution is 2.35. The monoisotopic (exact) mass is 381 g/mol. The molecule has 1 aliphatic rings. The maximum atomic E-state index is 13.5. The van der Waals surface area contributed by atoms with Crippen molar-refractivity contribution in [2.45, 2.75) is 49.9 Å². The summed E-state index contributed by atoms with van der Waals surface area (Å²) in [7, 11) is 0. The molecule has 0 N–H and O–H groups in total. The molecule has 1 aliphatic carbocycles. The Morgan fingerprint density at radius 3 is 2.92 bits per heavy atom. The van der Waals surface area contributed by atoms with E-state index in [2.05, 4.69) is 6.07 Å². The maximum absolute atomic E-state index is 13.5. The molecule has 132 valence electrons. The second-order valence-electron chi connectivity index (χ2n) is 6.65. The molecule has 6 heteroatoms. The fraction of sp³-hybridized carbons (Fsp3) is 0.350. The van der Waals surface area contributed by atoms with Gasteiger partial charge in [-0.05, 0) is 62.8 Å². The Hall–Kier alpha value is -2.10. The lowest BCUT2D eigenvalue weighted by Crippen LogP contribution is -2.22. The van der Waals surface area contributed by atoms with Gasteiger partial charge in [0.2, 0.25) is 0 Å². The van der Waals surface area contributed by atoms with E-state index in [1.165, 1.54) is 28.6 Å². The fourth-order valence-electron chi connectivity index (χ4n) is 3.44. The normalized spacial score (nSPS) is 14.8. The van der Waals surface area contributed by atoms with Gasteiger partial charge in [0, 0.05) is 4.88 Å². The van der Waals surface area contributed by atoms with Crippen LogP contribution in [0.25, 0.3) is 15.9 Å². The molecule has 1 aromatic carbocycles. The Kier molecular flexibility index (Phi) is 4.60. The fourth-order valence-corrected chi connectivity index (χ4v) is 5.56. The van der Waals surface area contributed by atoms with Crippen molar-refractivity contribution in [2.75, 3.05) is 0 Å². The molecule has 0 aliphatic heterocycles. The highest BCUT2D eigenvalue weighted by atomic mass is 32.2. The van der Waals surface area contributed by atoms with Gasteiger partial charge in [-0.1, -0.05) is 23.9 Å². The number of fused-ring (bicyclic) bond motifs is 3. The lowest BCUT2D eigenvalue weighted by Gasteiger charge is -2.14. The van der Waals surface area contributed by atoms with Crippen LogP contribution < -0.4 is 5.56 Å². The summed E-state index contributed by atoms with van der Waals surface area (Å²) < 4.78 is 1.69. The van der Waals surface area contributed by atoms with Gasteiger partial charge in [-0.3, -0.25) is 9.36 Å². The van der Waals surface area contributed by atoms with Crippen molar-refractivity contribution in [3.63, 3.8) is 0 Å². The molecule has 0 saturated heterocycles. The largest absolute Gasteiger partial charge is 0.268 e. The lowest BCUT2D eigenvalue weighted by atomic mass is 9.97. The minimum Gasteiger partial charge on any atom is -0.268 e. The number of hydrogen-bond donors (Lipinski definition) is 0. The molecule has 0 spiro atoms. The summed E-state index contributed by atoms with van der Waals surface area (Å²) in [5, 5.41) is 10.3. The Labute approximate surface area is 160 Å². The summed E-state index contributed by atoms with van der Waals surface area (Å²) in [5.41, 5.74) is 3.09. The van der Waals surface area contributed by atoms with Crippen molar-refractivity contribution < 1.29 is 0 Å². The van der Waals surface area contributed by atoms with E-state index in [0.717, 1.165) is 40.7 Å². The molecule has 0 radical (unpaired) electrons. The van der Waals surface area contributed by atoms with Crippen molar-refractivity contribution in [3.8, 4) is 11.8 Å². The highest BCUT2D eigenvalue weighted by Gasteiger charge is 2.23. The van der Waals surface area contributed by atoms with E-state index in [-0.39, 0.29) is 10.8 Å². The average molecular weight is 382 g/mol. The molecule has 0 saturated carbocycles. The number of thioether (sulfide) groups is 1.